The first-order valence-electron chi connectivity index (χ1n) is 7.88. The largest absolute Gasteiger partial charge is 0.388 e. The first kappa shape index (κ1) is 13.5. The Morgan fingerprint density at radius 1 is 1.10 bits per heavy atom. The maximum absolute atomic E-state index is 12.8. The molecule has 1 aliphatic carbocycles. The zero-order chi connectivity index (χ0) is 13.9. The molecule has 1 aliphatic heterocycles. The third kappa shape index (κ3) is 2.54. The molecule has 2 unspecified atom stereocenters. The van der Waals surface area contributed by atoms with Crippen LogP contribution >= 0.6 is 0 Å². The summed E-state index contributed by atoms with van der Waals surface area (Å²) in [7, 11) is 1.90. The quantitative estimate of drug-likeness (QED) is 0.893. The summed E-state index contributed by atoms with van der Waals surface area (Å²) in [6, 6.07) is 8.35. The van der Waals surface area contributed by atoms with Crippen molar-refractivity contribution in [1.29, 1.82) is 0 Å². The topological polar surface area (TPSA) is 32.3 Å². The Balaban J connectivity index is 1.77. The van der Waals surface area contributed by atoms with Crippen LogP contribution in [-0.2, 0) is 0 Å². The summed E-state index contributed by atoms with van der Waals surface area (Å²) in [6.07, 6.45) is 7.62. The molecule has 1 aromatic carbocycles. The van der Waals surface area contributed by atoms with Gasteiger partial charge in [-0.3, -0.25) is 4.79 Å². The van der Waals surface area contributed by atoms with Crippen LogP contribution in [0.25, 0.3) is 0 Å². The van der Waals surface area contributed by atoms with Gasteiger partial charge in [0.15, 0.2) is 0 Å². The number of hydrogen-bond acceptors (Lipinski definition) is 2. The highest BCUT2D eigenvalue weighted by Crippen LogP contribution is 2.35. The minimum Gasteiger partial charge on any atom is -0.388 e. The standard InChI is InChI=1S/C17H24N2O/c1-18-15-10-8-14(9-11-15)17(20)19-12-4-6-13-5-2-3-7-16(13)19/h8-11,13,16,18H,2-7,12H2,1H3. The van der Waals surface area contributed by atoms with Crippen LogP contribution in [0.4, 0.5) is 5.69 Å². The molecule has 3 heteroatoms. The van der Waals surface area contributed by atoms with Crippen LogP contribution in [0.15, 0.2) is 24.3 Å². The van der Waals surface area contributed by atoms with Gasteiger partial charge < -0.3 is 10.2 Å². The second-order valence-corrected chi connectivity index (χ2v) is 6.08. The van der Waals surface area contributed by atoms with E-state index in [0.29, 0.717) is 6.04 Å². The predicted octanol–water partition coefficient (Wildman–Crippen LogP) is 3.52. The lowest BCUT2D eigenvalue weighted by atomic mass is 9.78. The first-order valence-corrected chi connectivity index (χ1v) is 7.88. The maximum Gasteiger partial charge on any atom is 0.254 e. The molecule has 3 nitrogen and oxygen atoms in total. The Bertz CT molecular complexity index is 466. The van der Waals surface area contributed by atoms with Crippen molar-refractivity contribution in [2.75, 3.05) is 18.9 Å². The van der Waals surface area contributed by atoms with Crippen molar-refractivity contribution in [3.05, 3.63) is 29.8 Å². The lowest BCUT2D eigenvalue weighted by Crippen LogP contribution is -2.49. The van der Waals surface area contributed by atoms with Crippen LogP contribution in [0, 0.1) is 5.92 Å². The molecule has 1 saturated heterocycles. The van der Waals surface area contributed by atoms with Crippen molar-refractivity contribution in [3.8, 4) is 0 Å². The Hall–Kier alpha value is -1.51. The van der Waals surface area contributed by atoms with E-state index in [1.54, 1.807) is 0 Å². The van der Waals surface area contributed by atoms with Crippen molar-refractivity contribution in [1.82, 2.24) is 4.90 Å². The van der Waals surface area contributed by atoms with Gasteiger partial charge in [-0.15, -0.1) is 0 Å². The molecule has 2 atom stereocenters. The first-order chi connectivity index (χ1) is 9.79. The average molecular weight is 272 g/mol. The Morgan fingerprint density at radius 2 is 1.80 bits per heavy atom. The molecule has 1 N–H and O–H groups in total. The fraction of sp³-hybridized carbons (Fsp3) is 0.588. The van der Waals surface area contributed by atoms with E-state index in [0.717, 1.165) is 23.7 Å². The average Bonchev–Trinajstić information content (AvgIpc) is 2.54. The normalized spacial score (nSPS) is 25.9. The molecular formula is C17H24N2O. The van der Waals surface area contributed by atoms with Crippen molar-refractivity contribution < 1.29 is 4.79 Å². The molecule has 1 saturated carbocycles. The molecule has 1 aromatic rings. The van der Waals surface area contributed by atoms with Gasteiger partial charge >= 0.3 is 0 Å². The van der Waals surface area contributed by atoms with Gasteiger partial charge in [-0.1, -0.05) is 12.8 Å². The fourth-order valence-corrected chi connectivity index (χ4v) is 3.82. The molecule has 2 aliphatic rings. The number of carbonyl (C=O) groups excluding carboxylic acids is 1. The second kappa shape index (κ2) is 5.86. The number of nitrogens with zero attached hydrogens (tertiary/aromatic N) is 1. The van der Waals surface area contributed by atoms with E-state index in [9.17, 15) is 4.79 Å². The number of piperidine rings is 1. The molecule has 2 fully saturated rings. The van der Waals surface area contributed by atoms with Crippen LogP contribution in [-0.4, -0.2) is 30.4 Å². The van der Waals surface area contributed by atoms with Crippen LogP contribution in [0.5, 0.6) is 0 Å². The van der Waals surface area contributed by atoms with Crippen LogP contribution in [0.3, 0.4) is 0 Å². The van der Waals surface area contributed by atoms with Crippen molar-refractivity contribution in [2.45, 2.75) is 44.6 Å². The minimum absolute atomic E-state index is 0.226. The number of hydrogen-bond donors (Lipinski definition) is 1. The molecule has 0 spiro atoms. The summed E-state index contributed by atoms with van der Waals surface area (Å²) < 4.78 is 0. The highest BCUT2D eigenvalue weighted by atomic mass is 16.2. The Morgan fingerprint density at radius 3 is 2.55 bits per heavy atom. The van der Waals surface area contributed by atoms with E-state index < -0.39 is 0 Å². The van der Waals surface area contributed by atoms with Gasteiger partial charge in [0.25, 0.3) is 5.91 Å². The van der Waals surface area contributed by atoms with Gasteiger partial charge in [0.1, 0.15) is 0 Å². The van der Waals surface area contributed by atoms with E-state index in [-0.39, 0.29) is 5.91 Å². The third-order valence-corrected chi connectivity index (χ3v) is 4.92. The molecule has 1 amide bonds. The molecule has 0 radical (unpaired) electrons. The number of benzene rings is 1. The molecular weight excluding hydrogens is 248 g/mol. The number of amides is 1. The van der Waals surface area contributed by atoms with Crippen LogP contribution < -0.4 is 5.32 Å². The zero-order valence-electron chi connectivity index (χ0n) is 12.3. The van der Waals surface area contributed by atoms with E-state index in [2.05, 4.69) is 10.2 Å². The van der Waals surface area contributed by atoms with Crippen molar-refractivity contribution in [3.63, 3.8) is 0 Å². The number of rotatable bonds is 2. The summed E-state index contributed by atoms with van der Waals surface area (Å²) in [5.74, 6) is 0.974. The summed E-state index contributed by atoms with van der Waals surface area (Å²) >= 11 is 0. The number of fused-ring (bicyclic) bond motifs is 1. The van der Waals surface area contributed by atoms with Crippen LogP contribution in [0.2, 0.25) is 0 Å². The summed E-state index contributed by atoms with van der Waals surface area (Å²) in [4.78, 5) is 14.9. The van der Waals surface area contributed by atoms with Gasteiger partial charge in [0.05, 0.1) is 0 Å². The van der Waals surface area contributed by atoms with E-state index in [4.69, 9.17) is 0 Å². The number of carbonyl (C=O) groups is 1. The Labute approximate surface area is 121 Å². The number of anilines is 1. The molecule has 1 heterocycles. The van der Waals surface area contributed by atoms with E-state index in [1.807, 2.05) is 31.3 Å². The highest BCUT2D eigenvalue weighted by molar-refractivity contribution is 5.94. The van der Waals surface area contributed by atoms with Crippen molar-refractivity contribution >= 4 is 11.6 Å². The van der Waals surface area contributed by atoms with Gasteiger partial charge in [0, 0.05) is 30.9 Å². The SMILES string of the molecule is CNc1ccc(C(=O)N2CCCC3CCCCC32)cc1. The molecule has 0 aromatic heterocycles. The predicted molar refractivity (Wildman–Crippen MR) is 82.0 cm³/mol. The number of likely N-dealkylation sites (tertiary alicyclic amines) is 1. The maximum atomic E-state index is 12.8. The molecule has 108 valence electrons. The van der Waals surface area contributed by atoms with Gasteiger partial charge in [-0.2, -0.15) is 0 Å². The highest BCUT2D eigenvalue weighted by Gasteiger charge is 2.35. The van der Waals surface area contributed by atoms with Crippen molar-refractivity contribution in [2.24, 2.45) is 5.92 Å². The molecule has 20 heavy (non-hydrogen) atoms. The fourth-order valence-electron chi connectivity index (χ4n) is 3.82. The van der Waals surface area contributed by atoms with Gasteiger partial charge in [-0.25, -0.2) is 0 Å². The van der Waals surface area contributed by atoms with E-state index >= 15 is 0 Å². The number of nitrogens with one attached hydrogen (secondary N) is 1. The minimum atomic E-state index is 0.226. The lowest BCUT2D eigenvalue weighted by Gasteiger charge is -2.44. The lowest BCUT2D eigenvalue weighted by molar-refractivity contribution is 0.0391. The monoisotopic (exact) mass is 272 g/mol. The zero-order valence-corrected chi connectivity index (χ0v) is 12.3. The Kier molecular flexibility index (Phi) is 3.95. The summed E-state index contributed by atoms with van der Waals surface area (Å²) in [5, 5.41) is 3.09. The summed E-state index contributed by atoms with van der Waals surface area (Å²) in [5.41, 5.74) is 1.88. The molecule has 0 bridgehead atoms. The van der Waals surface area contributed by atoms with E-state index in [1.165, 1.54) is 38.5 Å². The molecule has 3 rings (SSSR count). The van der Waals surface area contributed by atoms with Gasteiger partial charge in [0.2, 0.25) is 0 Å². The summed E-state index contributed by atoms with van der Waals surface area (Å²) in [6.45, 7) is 0.938. The smallest absolute Gasteiger partial charge is 0.254 e. The second-order valence-electron chi connectivity index (χ2n) is 6.08. The van der Waals surface area contributed by atoms with Crippen LogP contribution in [0.1, 0.15) is 48.9 Å². The third-order valence-electron chi connectivity index (χ3n) is 4.92. The van der Waals surface area contributed by atoms with Gasteiger partial charge in [-0.05, 0) is 55.9 Å².